The molecule has 1 saturated heterocycles. The van der Waals surface area contributed by atoms with Crippen molar-refractivity contribution < 1.29 is 14.6 Å². The second-order valence-electron chi connectivity index (χ2n) is 6.26. The first-order valence-electron chi connectivity index (χ1n) is 8.50. The molecule has 0 amide bonds. The molecule has 0 bridgehead atoms. The smallest absolute Gasteiger partial charge is 0.309 e. The molecular formula is C16H29N3O3. The molecule has 0 atom stereocenters. The highest BCUT2D eigenvalue weighted by atomic mass is 16.5. The van der Waals surface area contributed by atoms with E-state index in [1.165, 1.54) is 0 Å². The Morgan fingerprint density at radius 3 is 2.55 bits per heavy atom. The highest BCUT2D eigenvalue weighted by molar-refractivity contribution is 5.80. The van der Waals surface area contributed by atoms with Crippen molar-refractivity contribution in [3.8, 4) is 0 Å². The van der Waals surface area contributed by atoms with Crippen LogP contribution in [0.1, 0.15) is 46.0 Å². The maximum atomic E-state index is 11.8. The Kier molecular flexibility index (Phi) is 6.06. The molecule has 2 fully saturated rings. The van der Waals surface area contributed by atoms with Crippen LogP contribution in [0.4, 0.5) is 0 Å². The van der Waals surface area contributed by atoms with Crippen LogP contribution >= 0.6 is 0 Å². The molecule has 0 unspecified atom stereocenters. The maximum Gasteiger partial charge on any atom is 0.309 e. The van der Waals surface area contributed by atoms with Gasteiger partial charge in [-0.1, -0.05) is 0 Å². The number of piperidine rings is 1. The molecule has 0 spiro atoms. The number of guanidine groups is 1. The van der Waals surface area contributed by atoms with Gasteiger partial charge >= 0.3 is 5.97 Å². The van der Waals surface area contributed by atoms with Gasteiger partial charge in [-0.3, -0.25) is 9.79 Å². The van der Waals surface area contributed by atoms with Crippen molar-refractivity contribution in [3.63, 3.8) is 0 Å². The summed E-state index contributed by atoms with van der Waals surface area (Å²) in [6.07, 6.45) is 4.39. The Morgan fingerprint density at radius 2 is 2.05 bits per heavy atom. The monoisotopic (exact) mass is 311 g/mol. The van der Waals surface area contributed by atoms with E-state index in [2.05, 4.69) is 15.2 Å². The van der Waals surface area contributed by atoms with Crippen LogP contribution in [-0.4, -0.2) is 60.3 Å². The van der Waals surface area contributed by atoms with Gasteiger partial charge in [-0.05, 0) is 46.0 Å². The van der Waals surface area contributed by atoms with E-state index in [1.807, 2.05) is 13.8 Å². The molecule has 0 aromatic heterocycles. The Bertz CT molecular complexity index is 399. The summed E-state index contributed by atoms with van der Waals surface area (Å²) in [5.74, 6) is 0.785. The van der Waals surface area contributed by atoms with Gasteiger partial charge in [0.1, 0.15) is 0 Å². The van der Waals surface area contributed by atoms with Crippen LogP contribution in [0.5, 0.6) is 0 Å². The zero-order valence-electron chi connectivity index (χ0n) is 13.8. The highest BCUT2D eigenvalue weighted by Gasteiger charge is 2.34. The fraction of sp³-hybridized carbons (Fsp3) is 0.875. The number of rotatable bonds is 5. The van der Waals surface area contributed by atoms with E-state index in [9.17, 15) is 9.90 Å². The second-order valence-corrected chi connectivity index (χ2v) is 6.26. The molecule has 1 saturated carbocycles. The number of esters is 1. The van der Waals surface area contributed by atoms with Crippen LogP contribution in [-0.2, 0) is 9.53 Å². The largest absolute Gasteiger partial charge is 0.466 e. The Balaban J connectivity index is 1.87. The zero-order chi connectivity index (χ0) is 16.0. The molecule has 126 valence electrons. The van der Waals surface area contributed by atoms with E-state index in [4.69, 9.17) is 4.74 Å². The molecule has 2 N–H and O–H groups in total. The van der Waals surface area contributed by atoms with Gasteiger partial charge in [0.25, 0.3) is 0 Å². The summed E-state index contributed by atoms with van der Waals surface area (Å²) in [5, 5.41) is 13.5. The predicted octanol–water partition coefficient (Wildman–Crippen LogP) is 1.14. The van der Waals surface area contributed by atoms with Crippen molar-refractivity contribution >= 4 is 11.9 Å². The van der Waals surface area contributed by atoms with E-state index in [1.54, 1.807) is 0 Å². The molecule has 6 nitrogen and oxygen atoms in total. The lowest BCUT2D eigenvalue weighted by Gasteiger charge is -2.37. The quantitative estimate of drug-likeness (QED) is 0.452. The van der Waals surface area contributed by atoms with E-state index < -0.39 is 5.60 Å². The average molecular weight is 311 g/mol. The first-order chi connectivity index (χ1) is 10.6. The summed E-state index contributed by atoms with van der Waals surface area (Å²) < 4.78 is 5.10. The summed E-state index contributed by atoms with van der Waals surface area (Å²) in [7, 11) is 0. The Morgan fingerprint density at radius 1 is 1.36 bits per heavy atom. The van der Waals surface area contributed by atoms with Gasteiger partial charge in [0.2, 0.25) is 0 Å². The molecule has 2 aliphatic rings. The van der Waals surface area contributed by atoms with Gasteiger partial charge in [0, 0.05) is 19.6 Å². The standard InChI is InChI=1S/C16H29N3O3/c1-3-17-15(18-12-16(21)8-5-9-16)19-10-6-13(7-11-19)14(20)22-4-2/h13,21H,3-12H2,1-2H3,(H,17,18). The van der Waals surface area contributed by atoms with Crippen molar-refractivity contribution in [1.82, 2.24) is 10.2 Å². The molecule has 6 heteroatoms. The fourth-order valence-electron chi connectivity index (χ4n) is 2.98. The molecule has 0 aromatic rings. The number of nitrogens with zero attached hydrogens (tertiary/aromatic N) is 2. The minimum atomic E-state index is -0.593. The van der Waals surface area contributed by atoms with Gasteiger partial charge in [-0.15, -0.1) is 0 Å². The lowest BCUT2D eigenvalue weighted by molar-refractivity contribution is -0.149. The molecule has 2 rings (SSSR count). The van der Waals surface area contributed by atoms with E-state index in [0.717, 1.165) is 57.7 Å². The number of likely N-dealkylation sites (tertiary alicyclic amines) is 1. The van der Waals surface area contributed by atoms with Crippen LogP contribution in [0.3, 0.4) is 0 Å². The molecule has 0 aromatic carbocycles. The average Bonchev–Trinajstić information content (AvgIpc) is 2.50. The summed E-state index contributed by atoms with van der Waals surface area (Å²) in [5.41, 5.74) is -0.593. The summed E-state index contributed by atoms with van der Waals surface area (Å²) in [6, 6.07) is 0. The molecular weight excluding hydrogens is 282 g/mol. The highest BCUT2D eigenvalue weighted by Crippen LogP contribution is 2.31. The number of nitrogens with one attached hydrogen (secondary N) is 1. The molecule has 1 aliphatic carbocycles. The first kappa shape index (κ1) is 17.1. The van der Waals surface area contributed by atoms with Gasteiger partial charge in [0.15, 0.2) is 5.96 Å². The topological polar surface area (TPSA) is 74.2 Å². The van der Waals surface area contributed by atoms with E-state index in [0.29, 0.717) is 13.2 Å². The van der Waals surface area contributed by atoms with Crippen LogP contribution < -0.4 is 5.32 Å². The van der Waals surface area contributed by atoms with E-state index in [-0.39, 0.29) is 11.9 Å². The minimum absolute atomic E-state index is 0.00916. The number of aliphatic imine (C=N–C) groups is 1. The first-order valence-corrected chi connectivity index (χ1v) is 8.50. The molecule has 22 heavy (non-hydrogen) atoms. The predicted molar refractivity (Wildman–Crippen MR) is 85.7 cm³/mol. The van der Waals surface area contributed by atoms with Gasteiger partial charge < -0.3 is 20.1 Å². The van der Waals surface area contributed by atoms with Gasteiger partial charge in [0.05, 0.1) is 24.7 Å². The van der Waals surface area contributed by atoms with Crippen LogP contribution in [0, 0.1) is 5.92 Å². The SMILES string of the molecule is CCNC(=NCC1(O)CCC1)N1CCC(C(=O)OCC)CC1. The number of carbonyl (C=O) groups is 1. The van der Waals surface area contributed by atoms with Crippen molar-refractivity contribution in [2.24, 2.45) is 10.9 Å². The number of hydrogen-bond donors (Lipinski definition) is 2. The van der Waals surface area contributed by atoms with Crippen molar-refractivity contribution in [2.75, 3.05) is 32.8 Å². The third kappa shape index (κ3) is 4.35. The Hall–Kier alpha value is -1.30. The van der Waals surface area contributed by atoms with Crippen molar-refractivity contribution in [1.29, 1.82) is 0 Å². The van der Waals surface area contributed by atoms with E-state index >= 15 is 0 Å². The second kappa shape index (κ2) is 7.81. The minimum Gasteiger partial charge on any atom is -0.466 e. The van der Waals surface area contributed by atoms with Crippen LogP contribution in [0.25, 0.3) is 0 Å². The van der Waals surface area contributed by atoms with Crippen LogP contribution in [0.2, 0.25) is 0 Å². The summed E-state index contributed by atoms with van der Waals surface area (Å²) in [4.78, 5) is 18.6. The maximum absolute atomic E-state index is 11.8. The lowest BCUT2D eigenvalue weighted by Crippen LogP contribution is -2.48. The van der Waals surface area contributed by atoms with Gasteiger partial charge in [-0.25, -0.2) is 0 Å². The number of ether oxygens (including phenoxy) is 1. The normalized spacial score (nSPS) is 22.1. The van der Waals surface area contributed by atoms with Crippen molar-refractivity contribution in [2.45, 2.75) is 51.6 Å². The number of aliphatic hydroxyl groups is 1. The molecule has 1 aliphatic heterocycles. The number of hydrogen-bond acceptors (Lipinski definition) is 4. The van der Waals surface area contributed by atoms with Crippen molar-refractivity contribution in [3.05, 3.63) is 0 Å². The fourth-order valence-corrected chi connectivity index (χ4v) is 2.98. The third-order valence-corrected chi connectivity index (χ3v) is 4.56. The third-order valence-electron chi connectivity index (χ3n) is 4.56. The summed E-state index contributed by atoms with van der Waals surface area (Å²) >= 11 is 0. The molecule has 0 radical (unpaired) electrons. The number of carbonyl (C=O) groups excluding carboxylic acids is 1. The lowest BCUT2D eigenvalue weighted by atomic mass is 9.80. The molecule has 1 heterocycles. The summed E-state index contributed by atoms with van der Waals surface area (Å²) in [6.45, 7) is 7.19. The van der Waals surface area contributed by atoms with Gasteiger partial charge in [-0.2, -0.15) is 0 Å². The van der Waals surface area contributed by atoms with Crippen LogP contribution in [0.15, 0.2) is 4.99 Å². The zero-order valence-corrected chi connectivity index (χ0v) is 13.8. The Labute approximate surface area is 132 Å².